The third kappa shape index (κ3) is 5.37. The minimum atomic E-state index is -4.69. The van der Waals surface area contributed by atoms with E-state index in [2.05, 4.69) is 20.2 Å². The zero-order valence-electron chi connectivity index (χ0n) is 24.5. The van der Waals surface area contributed by atoms with Gasteiger partial charge in [0.2, 0.25) is 16.0 Å². The van der Waals surface area contributed by atoms with E-state index >= 15 is 0 Å². The molecule has 10 nitrogen and oxygen atoms in total. The first-order valence-electron chi connectivity index (χ1n) is 14.2. The Morgan fingerprint density at radius 1 is 1.11 bits per heavy atom. The van der Waals surface area contributed by atoms with E-state index in [1.54, 1.807) is 37.8 Å². The first kappa shape index (κ1) is 30.8. The van der Waals surface area contributed by atoms with Crippen LogP contribution in [0.1, 0.15) is 60.4 Å². The molecule has 236 valence electrons. The van der Waals surface area contributed by atoms with Gasteiger partial charge in [0.15, 0.2) is 5.78 Å². The summed E-state index contributed by atoms with van der Waals surface area (Å²) < 4.78 is 86.7. The van der Waals surface area contributed by atoms with Crippen LogP contribution in [0.3, 0.4) is 0 Å². The van der Waals surface area contributed by atoms with E-state index in [4.69, 9.17) is 0 Å². The van der Waals surface area contributed by atoms with Gasteiger partial charge in [-0.15, -0.1) is 0 Å². The fourth-order valence-corrected chi connectivity index (χ4v) is 8.36. The van der Waals surface area contributed by atoms with Crippen molar-refractivity contribution in [3.8, 4) is 5.69 Å². The standard InChI is InChI=1S/C30H29F4N7O3S/c1-18(2)41(45(43,44)24-16-37-39(3)17-24)22-5-4-20-11-26-19(14-38-40(26)23-6-7-27(31)36-15-23)12-29(20,13-22)28(42)25-10-21(8-9-35-25)30(32,33)34/h6-11,14-18,22H,4-5,12-13H2,1-3H3/t22-,29-/m0/s1. The van der Waals surface area contributed by atoms with Crippen LogP contribution in [-0.2, 0) is 29.7 Å². The van der Waals surface area contributed by atoms with E-state index in [0.717, 1.165) is 18.3 Å². The lowest BCUT2D eigenvalue weighted by molar-refractivity contribution is -0.137. The third-order valence-electron chi connectivity index (χ3n) is 8.47. The smallest absolute Gasteiger partial charge is 0.291 e. The lowest BCUT2D eigenvalue weighted by atomic mass is 9.60. The van der Waals surface area contributed by atoms with Crippen LogP contribution in [-0.4, -0.2) is 60.1 Å². The number of fused-ring (bicyclic) bond motifs is 2. The van der Waals surface area contributed by atoms with Crippen LogP contribution in [0.5, 0.6) is 0 Å². The first-order valence-corrected chi connectivity index (χ1v) is 15.6. The molecule has 0 unspecified atom stereocenters. The number of nitrogens with zero attached hydrogens (tertiary/aromatic N) is 7. The quantitative estimate of drug-likeness (QED) is 0.158. The average Bonchev–Trinajstić information content (AvgIpc) is 3.61. The second kappa shape index (κ2) is 11.0. The van der Waals surface area contributed by atoms with E-state index in [1.165, 1.54) is 39.7 Å². The molecule has 0 aliphatic heterocycles. The highest BCUT2D eigenvalue weighted by Crippen LogP contribution is 2.52. The molecule has 4 heterocycles. The van der Waals surface area contributed by atoms with E-state index in [-0.39, 0.29) is 29.9 Å². The van der Waals surface area contributed by atoms with Gasteiger partial charge in [-0.3, -0.25) is 14.5 Å². The molecule has 0 bridgehead atoms. The Morgan fingerprint density at radius 2 is 1.89 bits per heavy atom. The lowest BCUT2D eigenvalue weighted by Gasteiger charge is -2.47. The van der Waals surface area contributed by atoms with Gasteiger partial charge in [0.25, 0.3) is 0 Å². The van der Waals surface area contributed by atoms with E-state index in [9.17, 15) is 30.8 Å². The maximum absolute atomic E-state index is 14.5. The van der Waals surface area contributed by atoms with Gasteiger partial charge in [0.1, 0.15) is 10.6 Å². The van der Waals surface area contributed by atoms with Crippen molar-refractivity contribution in [2.24, 2.45) is 12.5 Å². The lowest BCUT2D eigenvalue weighted by Crippen LogP contribution is -2.52. The Bertz CT molecular complexity index is 1920. The number of hydrogen-bond donors (Lipinski definition) is 0. The summed E-state index contributed by atoms with van der Waals surface area (Å²) in [6.45, 7) is 3.48. The first-order chi connectivity index (χ1) is 21.2. The predicted octanol–water partition coefficient (Wildman–Crippen LogP) is 5.01. The van der Waals surface area contributed by atoms with Crippen molar-refractivity contribution in [2.75, 3.05) is 0 Å². The molecule has 2 aliphatic rings. The Labute approximate surface area is 256 Å². The SMILES string of the molecule is CC(C)N([C@H]1CCC2=Cc3c(cnn3-c3ccc(F)nc3)C[C@]2(C(=O)c2cc(C(F)(F)F)ccn2)C1)S(=O)(=O)c1cnn(C)c1. The number of halogens is 4. The van der Waals surface area contributed by atoms with Gasteiger partial charge < -0.3 is 0 Å². The number of sulfonamides is 1. The Hall–Kier alpha value is -4.24. The largest absolute Gasteiger partial charge is 0.416 e. The molecule has 0 radical (unpaired) electrons. The Balaban J connectivity index is 1.47. The van der Waals surface area contributed by atoms with Crippen LogP contribution in [0.25, 0.3) is 11.8 Å². The summed E-state index contributed by atoms with van der Waals surface area (Å²) in [4.78, 5) is 22.2. The van der Waals surface area contributed by atoms with Gasteiger partial charge >= 0.3 is 6.18 Å². The van der Waals surface area contributed by atoms with Crippen LogP contribution in [0, 0.1) is 11.4 Å². The predicted molar refractivity (Wildman–Crippen MR) is 154 cm³/mol. The van der Waals surface area contributed by atoms with E-state index in [0.29, 0.717) is 28.9 Å². The molecule has 2 atom stereocenters. The van der Waals surface area contributed by atoms with E-state index in [1.807, 2.05) is 0 Å². The van der Waals surface area contributed by atoms with Crippen molar-refractivity contribution in [1.29, 1.82) is 0 Å². The molecule has 2 aliphatic carbocycles. The molecule has 0 spiro atoms. The van der Waals surface area contributed by atoms with Crippen molar-refractivity contribution in [3.63, 3.8) is 0 Å². The molecule has 1 saturated carbocycles. The molecule has 4 aromatic rings. The molecule has 45 heavy (non-hydrogen) atoms. The van der Waals surface area contributed by atoms with Gasteiger partial charge in [-0.1, -0.05) is 5.57 Å². The molecule has 0 amide bonds. The highest BCUT2D eigenvalue weighted by atomic mass is 32.2. The van der Waals surface area contributed by atoms with Crippen LogP contribution in [0.2, 0.25) is 0 Å². The molecule has 0 saturated heterocycles. The number of rotatable bonds is 7. The average molecular weight is 644 g/mol. The number of alkyl halides is 3. The third-order valence-corrected chi connectivity index (χ3v) is 10.6. The maximum atomic E-state index is 14.5. The highest BCUT2D eigenvalue weighted by molar-refractivity contribution is 7.89. The van der Waals surface area contributed by atoms with Gasteiger partial charge in [-0.25, -0.2) is 18.1 Å². The Kier molecular flexibility index (Phi) is 7.51. The van der Waals surface area contributed by atoms with Crippen LogP contribution >= 0.6 is 0 Å². The number of aryl methyl sites for hydroxylation is 1. The van der Waals surface area contributed by atoms with Gasteiger partial charge in [-0.05, 0) is 75.4 Å². The molecule has 6 rings (SSSR count). The minimum Gasteiger partial charge on any atom is -0.291 e. The fourth-order valence-electron chi connectivity index (χ4n) is 6.53. The number of allylic oxidation sites excluding steroid dienone is 1. The second-order valence-electron chi connectivity index (χ2n) is 11.7. The summed E-state index contributed by atoms with van der Waals surface area (Å²) in [5, 5.41) is 8.46. The summed E-state index contributed by atoms with van der Waals surface area (Å²) >= 11 is 0. The van der Waals surface area contributed by atoms with Gasteiger partial charge in [-0.2, -0.15) is 32.1 Å². The molecule has 0 aromatic carbocycles. The summed E-state index contributed by atoms with van der Waals surface area (Å²) in [7, 11) is -2.45. The normalized spacial score (nSPS) is 20.2. The number of aromatic nitrogens is 6. The minimum absolute atomic E-state index is 0.0000692. The number of Topliss-reactive ketones (excluding diaryl/α,β-unsaturated/α-hetero) is 1. The van der Waals surface area contributed by atoms with Crippen molar-refractivity contribution in [2.45, 2.75) is 62.7 Å². The number of hydrogen-bond acceptors (Lipinski definition) is 7. The number of carbonyl (C=O) groups excluding carboxylic acids is 1. The van der Waals surface area contributed by atoms with Gasteiger partial charge in [0.05, 0.1) is 41.0 Å². The van der Waals surface area contributed by atoms with Crippen LogP contribution < -0.4 is 0 Å². The van der Waals surface area contributed by atoms with Gasteiger partial charge in [0, 0.05) is 31.5 Å². The number of ketones is 1. The van der Waals surface area contributed by atoms with Crippen LogP contribution in [0.15, 0.2) is 65.7 Å². The summed E-state index contributed by atoms with van der Waals surface area (Å²) in [6.07, 6.45) is 4.28. The summed E-state index contributed by atoms with van der Waals surface area (Å²) in [5.74, 6) is -1.29. The fraction of sp³-hybridized carbons (Fsp3) is 0.367. The molecular formula is C30H29F4N7O3S. The summed E-state index contributed by atoms with van der Waals surface area (Å²) in [6, 6.07) is 3.08. The zero-order valence-corrected chi connectivity index (χ0v) is 25.3. The summed E-state index contributed by atoms with van der Waals surface area (Å²) in [5.41, 5.74) is -0.409. The van der Waals surface area contributed by atoms with Crippen molar-refractivity contribution in [3.05, 3.63) is 89.3 Å². The molecule has 15 heteroatoms. The zero-order chi connectivity index (χ0) is 32.3. The Morgan fingerprint density at radius 3 is 2.53 bits per heavy atom. The van der Waals surface area contributed by atoms with E-state index < -0.39 is 51.0 Å². The van der Waals surface area contributed by atoms with Crippen molar-refractivity contribution < 1.29 is 30.8 Å². The van der Waals surface area contributed by atoms with Crippen molar-refractivity contribution >= 4 is 21.9 Å². The highest BCUT2D eigenvalue weighted by Gasteiger charge is 2.52. The van der Waals surface area contributed by atoms with Crippen molar-refractivity contribution in [1.82, 2.24) is 33.8 Å². The van der Waals surface area contributed by atoms with Crippen LogP contribution in [0.4, 0.5) is 17.6 Å². The number of carbonyl (C=O) groups is 1. The molecule has 1 fully saturated rings. The number of pyridine rings is 2. The molecular weight excluding hydrogens is 614 g/mol. The second-order valence-corrected chi connectivity index (χ2v) is 13.5. The molecule has 4 aromatic heterocycles. The molecule has 0 N–H and O–H groups in total. The maximum Gasteiger partial charge on any atom is 0.416 e. The topological polar surface area (TPSA) is 116 Å². The monoisotopic (exact) mass is 643 g/mol.